The molecule has 0 aliphatic carbocycles. The van der Waals surface area contributed by atoms with Crippen LogP contribution in [0, 0.1) is 0 Å². The van der Waals surface area contributed by atoms with Gasteiger partial charge in [-0.2, -0.15) is 0 Å². The Morgan fingerprint density at radius 1 is 0.585 bits per heavy atom. The minimum Gasteiger partial charge on any atom is -0.439 e. The third kappa shape index (κ3) is 4.14. The Morgan fingerprint density at radius 3 is 2.34 bits per heavy atom. The number of nitrogens with zero attached hydrogens (tertiary/aromatic N) is 1. The first-order chi connectivity index (χ1) is 20.3. The lowest BCUT2D eigenvalue weighted by Gasteiger charge is -2.15. The first-order valence-corrected chi connectivity index (χ1v) is 13.7. The van der Waals surface area contributed by atoms with Crippen LogP contribution in [0.2, 0.25) is 0 Å². The molecule has 1 aliphatic rings. The van der Waals surface area contributed by atoms with Crippen LogP contribution in [0.25, 0.3) is 56.3 Å². The van der Waals surface area contributed by atoms with Crippen LogP contribution < -0.4 is 10.1 Å². The zero-order valence-electron chi connectivity index (χ0n) is 22.1. The summed E-state index contributed by atoms with van der Waals surface area (Å²) in [5.74, 6) is 1.28. The predicted molar refractivity (Wildman–Crippen MR) is 170 cm³/mol. The molecule has 3 heterocycles. The second kappa shape index (κ2) is 9.54. The van der Waals surface area contributed by atoms with Crippen LogP contribution in [-0.2, 0) is 0 Å². The van der Waals surface area contributed by atoms with Gasteiger partial charge in [-0.15, -0.1) is 0 Å². The molecule has 5 aromatic carbocycles. The molecule has 0 spiro atoms. The van der Waals surface area contributed by atoms with Crippen molar-refractivity contribution >= 4 is 45.3 Å². The number of hydrogen-bond donors (Lipinski definition) is 2. The summed E-state index contributed by atoms with van der Waals surface area (Å²) in [5.41, 5.74) is 10.7. The number of hydrogen-bond acceptors (Lipinski definition) is 3. The van der Waals surface area contributed by atoms with Crippen LogP contribution in [0.3, 0.4) is 0 Å². The van der Waals surface area contributed by atoms with Gasteiger partial charge in [0.2, 0.25) is 5.88 Å². The Bertz CT molecular complexity index is 2120. The van der Waals surface area contributed by atoms with E-state index in [1.165, 1.54) is 10.8 Å². The second-order valence-electron chi connectivity index (χ2n) is 10.2. The maximum absolute atomic E-state index is 6.34. The summed E-state index contributed by atoms with van der Waals surface area (Å²) in [7, 11) is 0. The molecule has 0 fully saturated rings. The average Bonchev–Trinajstić information content (AvgIpc) is 3.29. The lowest BCUT2D eigenvalue weighted by atomic mass is 10.0. The SMILES string of the molecule is C1=Cc2cccc(-c3cccc(Oc4cccc(-c5cccc6c5[nH]c5ccccc56)c4)n3)c2Nc2ccccc21. The molecule has 0 atom stereocenters. The van der Waals surface area contributed by atoms with Gasteiger partial charge in [-0.05, 0) is 47.0 Å². The predicted octanol–water partition coefficient (Wildman–Crippen LogP) is 10.1. The summed E-state index contributed by atoms with van der Waals surface area (Å²) in [5, 5.41) is 6.08. The molecular formula is C37H25N3O. The fraction of sp³-hybridized carbons (Fsp3) is 0. The summed E-state index contributed by atoms with van der Waals surface area (Å²) in [6, 6.07) is 43.6. The summed E-state index contributed by atoms with van der Waals surface area (Å²) >= 11 is 0. The van der Waals surface area contributed by atoms with E-state index in [0.29, 0.717) is 5.88 Å². The normalized spacial score (nSPS) is 12.0. The van der Waals surface area contributed by atoms with E-state index in [0.717, 1.165) is 61.7 Å². The molecule has 2 N–H and O–H groups in total. The van der Waals surface area contributed by atoms with E-state index in [-0.39, 0.29) is 0 Å². The summed E-state index contributed by atoms with van der Waals surface area (Å²) < 4.78 is 6.34. The van der Waals surface area contributed by atoms with E-state index in [1.807, 2.05) is 36.4 Å². The van der Waals surface area contributed by atoms with E-state index in [1.54, 1.807) is 0 Å². The molecule has 0 radical (unpaired) electrons. The maximum Gasteiger partial charge on any atom is 0.219 e. The number of fused-ring (bicyclic) bond motifs is 5. The largest absolute Gasteiger partial charge is 0.439 e. The van der Waals surface area contributed by atoms with Crippen LogP contribution in [0.5, 0.6) is 11.6 Å². The van der Waals surface area contributed by atoms with Gasteiger partial charge in [0.25, 0.3) is 0 Å². The molecule has 0 amide bonds. The first-order valence-electron chi connectivity index (χ1n) is 13.7. The number of aromatic nitrogens is 2. The van der Waals surface area contributed by atoms with Crippen LogP contribution in [0.15, 0.2) is 127 Å². The van der Waals surface area contributed by atoms with Gasteiger partial charge in [0.05, 0.1) is 16.9 Å². The number of aromatic amines is 1. The number of anilines is 2. The highest BCUT2D eigenvalue weighted by Crippen LogP contribution is 2.38. The van der Waals surface area contributed by atoms with Gasteiger partial charge in [-0.1, -0.05) is 103 Å². The van der Waals surface area contributed by atoms with Crippen LogP contribution in [0.1, 0.15) is 11.1 Å². The second-order valence-corrected chi connectivity index (χ2v) is 10.2. The summed E-state index contributed by atoms with van der Waals surface area (Å²) in [6.45, 7) is 0. The Hall–Kier alpha value is -5.61. The molecule has 8 rings (SSSR count). The zero-order chi connectivity index (χ0) is 27.2. The number of benzene rings is 5. The third-order valence-corrected chi connectivity index (χ3v) is 7.67. The molecule has 1 aliphatic heterocycles. The number of rotatable bonds is 4. The lowest BCUT2D eigenvalue weighted by molar-refractivity contribution is 0.464. The van der Waals surface area contributed by atoms with E-state index >= 15 is 0 Å². The lowest BCUT2D eigenvalue weighted by Crippen LogP contribution is -1.98. The van der Waals surface area contributed by atoms with Crippen molar-refractivity contribution in [2.24, 2.45) is 0 Å². The minimum atomic E-state index is 0.547. The third-order valence-electron chi connectivity index (χ3n) is 7.67. The Kier molecular flexibility index (Phi) is 5.42. The standard InChI is InChI=1S/C37H25N3O/c1-3-17-32-24(9-1)21-22-25-10-6-16-31(36(25)39-32)34-19-8-20-35(38-34)41-27-12-5-11-26(23-27)28-14-7-15-30-29-13-2-4-18-33(29)40-37(28)30/h1-23,39-40H. The van der Waals surface area contributed by atoms with Gasteiger partial charge >= 0.3 is 0 Å². The Morgan fingerprint density at radius 2 is 1.34 bits per heavy atom. The summed E-state index contributed by atoms with van der Waals surface area (Å²) in [6.07, 6.45) is 4.30. The number of nitrogens with one attached hydrogen (secondary N) is 2. The topological polar surface area (TPSA) is 49.9 Å². The molecule has 4 heteroatoms. The van der Waals surface area contributed by atoms with Crippen molar-refractivity contribution in [3.05, 3.63) is 139 Å². The van der Waals surface area contributed by atoms with Crippen LogP contribution >= 0.6 is 0 Å². The van der Waals surface area contributed by atoms with Gasteiger partial charge in [0.1, 0.15) is 5.75 Å². The van der Waals surface area contributed by atoms with Crippen molar-refractivity contribution in [1.29, 1.82) is 0 Å². The average molecular weight is 528 g/mol. The molecule has 0 saturated carbocycles. The van der Waals surface area contributed by atoms with Crippen LogP contribution in [-0.4, -0.2) is 9.97 Å². The van der Waals surface area contributed by atoms with Crippen molar-refractivity contribution in [3.63, 3.8) is 0 Å². The number of H-pyrrole nitrogens is 1. The van der Waals surface area contributed by atoms with Gasteiger partial charge in [-0.3, -0.25) is 0 Å². The van der Waals surface area contributed by atoms with Crippen molar-refractivity contribution in [3.8, 4) is 34.0 Å². The zero-order valence-corrected chi connectivity index (χ0v) is 22.1. The number of pyridine rings is 1. The number of ether oxygens (including phenoxy) is 1. The fourth-order valence-corrected chi connectivity index (χ4v) is 5.72. The minimum absolute atomic E-state index is 0.547. The van der Waals surface area contributed by atoms with Crippen molar-refractivity contribution in [2.45, 2.75) is 0 Å². The highest BCUT2D eigenvalue weighted by molar-refractivity contribution is 6.11. The van der Waals surface area contributed by atoms with Gasteiger partial charge in [0.15, 0.2) is 0 Å². The monoisotopic (exact) mass is 527 g/mol. The Balaban J connectivity index is 1.14. The van der Waals surface area contributed by atoms with Gasteiger partial charge in [0, 0.05) is 39.2 Å². The fourth-order valence-electron chi connectivity index (χ4n) is 5.72. The van der Waals surface area contributed by atoms with E-state index < -0.39 is 0 Å². The molecule has 41 heavy (non-hydrogen) atoms. The van der Waals surface area contributed by atoms with Gasteiger partial charge < -0.3 is 15.0 Å². The van der Waals surface area contributed by atoms with E-state index in [4.69, 9.17) is 9.72 Å². The maximum atomic E-state index is 6.34. The Labute approximate surface area is 237 Å². The number of para-hydroxylation sites is 4. The molecule has 2 aromatic heterocycles. The van der Waals surface area contributed by atoms with Crippen molar-refractivity contribution in [1.82, 2.24) is 9.97 Å². The summed E-state index contributed by atoms with van der Waals surface area (Å²) in [4.78, 5) is 8.53. The first kappa shape index (κ1) is 23.3. The van der Waals surface area contributed by atoms with Crippen LogP contribution in [0.4, 0.5) is 11.4 Å². The molecule has 4 nitrogen and oxygen atoms in total. The molecule has 0 unspecified atom stereocenters. The van der Waals surface area contributed by atoms with E-state index in [9.17, 15) is 0 Å². The van der Waals surface area contributed by atoms with E-state index in [2.05, 4.69) is 113 Å². The van der Waals surface area contributed by atoms with Crippen molar-refractivity contribution in [2.75, 3.05) is 5.32 Å². The van der Waals surface area contributed by atoms with Crippen molar-refractivity contribution < 1.29 is 4.74 Å². The molecule has 0 bridgehead atoms. The smallest absolute Gasteiger partial charge is 0.219 e. The molecular weight excluding hydrogens is 502 g/mol. The highest BCUT2D eigenvalue weighted by Gasteiger charge is 2.15. The quantitative estimate of drug-likeness (QED) is 0.239. The van der Waals surface area contributed by atoms with Gasteiger partial charge in [-0.25, -0.2) is 4.98 Å². The molecule has 7 aromatic rings. The molecule has 0 saturated heterocycles. The molecule has 194 valence electrons. The highest BCUT2D eigenvalue weighted by atomic mass is 16.5.